The van der Waals surface area contributed by atoms with E-state index in [4.69, 9.17) is 14.4 Å². The monoisotopic (exact) mass is 353 g/mol. The number of hydrogen-bond donors (Lipinski definition) is 0. The first kappa shape index (κ1) is 16.6. The number of nitrogens with zero attached hydrogens (tertiary/aromatic N) is 1. The van der Waals surface area contributed by atoms with Gasteiger partial charge in [-0.15, -0.1) is 0 Å². The first-order valence-electron chi connectivity index (χ1n) is 8.48. The lowest BCUT2D eigenvalue weighted by Gasteiger charge is -2.09. The van der Waals surface area contributed by atoms with Gasteiger partial charge < -0.3 is 9.15 Å². The number of ether oxygens (including phenoxy) is 1. The number of benzene rings is 3. The lowest BCUT2D eigenvalue weighted by atomic mass is 10.0. The molecule has 3 aromatic carbocycles. The van der Waals surface area contributed by atoms with Crippen molar-refractivity contribution < 1.29 is 9.15 Å². The summed E-state index contributed by atoms with van der Waals surface area (Å²) in [5.41, 5.74) is 3.35. The second kappa shape index (κ2) is 7.19. The van der Waals surface area contributed by atoms with E-state index in [1.807, 2.05) is 54.6 Å². The third-order valence-electron chi connectivity index (χ3n) is 4.26. The van der Waals surface area contributed by atoms with E-state index >= 15 is 0 Å². The lowest BCUT2D eigenvalue weighted by molar-refractivity contribution is 0.306. The highest BCUT2D eigenvalue weighted by atomic mass is 16.5. The Balaban J connectivity index is 1.66. The maximum Gasteiger partial charge on any atom is 0.336 e. The molecule has 0 unspecified atom stereocenters. The van der Waals surface area contributed by atoms with Gasteiger partial charge in [0, 0.05) is 17.5 Å². The average Bonchev–Trinajstić information content (AvgIpc) is 2.72. The summed E-state index contributed by atoms with van der Waals surface area (Å²) in [5, 5.41) is 9.83. The maximum absolute atomic E-state index is 12.0. The van der Waals surface area contributed by atoms with Crippen molar-refractivity contribution in [2.24, 2.45) is 0 Å². The van der Waals surface area contributed by atoms with Crippen molar-refractivity contribution in [3.05, 3.63) is 100 Å². The molecule has 4 rings (SSSR count). The van der Waals surface area contributed by atoms with Crippen LogP contribution in [0.5, 0.6) is 5.75 Å². The second-order valence-electron chi connectivity index (χ2n) is 6.10. The zero-order chi connectivity index (χ0) is 18.6. The molecular weight excluding hydrogens is 338 g/mol. The normalized spacial score (nSPS) is 10.5. The highest BCUT2D eigenvalue weighted by Crippen LogP contribution is 2.29. The summed E-state index contributed by atoms with van der Waals surface area (Å²) >= 11 is 0. The van der Waals surface area contributed by atoms with Crippen LogP contribution in [0.25, 0.3) is 22.1 Å². The van der Waals surface area contributed by atoms with Crippen LogP contribution in [0.3, 0.4) is 0 Å². The minimum atomic E-state index is -0.403. The van der Waals surface area contributed by atoms with Gasteiger partial charge in [0.25, 0.3) is 0 Å². The highest BCUT2D eigenvalue weighted by molar-refractivity contribution is 5.93. The van der Waals surface area contributed by atoms with Crippen LogP contribution < -0.4 is 10.4 Å². The Hall–Kier alpha value is -3.84. The van der Waals surface area contributed by atoms with Gasteiger partial charge in [0.15, 0.2) is 0 Å². The molecule has 0 aliphatic carbocycles. The molecule has 0 fully saturated rings. The van der Waals surface area contributed by atoms with Gasteiger partial charge in [-0.1, -0.05) is 42.5 Å². The van der Waals surface area contributed by atoms with Crippen LogP contribution in [0.1, 0.15) is 11.1 Å². The van der Waals surface area contributed by atoms with Gasteiger partial charge in [-0.05, 0) is 41.0 Å². The third kappa shape index (κ3) is 3.58. The minimum absolute atomic E-state index is 0.323. The second-order valence-corrected chi connectivity index (χ2v) is 6.10. The molecule has 0 bridgehead atoms. The molecule has 4 aromatic rings. The van der Waals surface area contributed by atoms with Crippen molar-refractivity contribution in [2.75, 3.05) is 0 Å². The molecule has 0 radical (unpaired) electrons. The van der Waals surface area contributed by atoms with Gasteiger partial charge in [-0.2, -0.15) is 5.26 Å². The molecule has 1 aromatic heterocycles. The molecule has 0 N–H and O–H groups in total. The SMILES string of the molecule is N#Cc1cccc(COc2ccc3c(-c4ccccc4)cc(=O)oc3c2)c1. The van der Waals surface area contributed by atoms with Gasteiger partial charge in [0.2, 0.25) is 0 Å². The molecule has 4 heteroatoms. The first-order chi connectivity index (χ1) is 13.2. The Labute approximate surface area is 155 Å². The van der Waals surface area contributed by atoms with Crippen LogP contribution >= 0.6 is 0 Å². The van der Waals surface area contributed by atoms with Crippen molar-refractivity contribution in [2.45, 2.75) is 6.61 Å². The van der Waals surface area contributed by atoms with E-state index in [9.17, 15) is 4.79 Å². The standard InChI is InChI=1S/C23H15NO3/c24-14-16-5-4-6-17(11-16)15-26-19-9-10-20-21(18-7-2-1-3-8-18)13-23(25)27-22(20)12-19/h1-13H,15H2. The summed E-state index contributed by atoms with van der Waals surface area (Å²) in [7, 11) is 0. The van der Waals surface area contributed by atoms with Crippen molar-refractivity contribution in [3.63, 3.8) is 0 Å². The summed E-state index contributed by atoms with van der Waals surface area (Å²) < 4.78 is 11.2. The predicted octanol–water partition coefficient (Wildman–Crippen LogP) is 4.91. The summed E-state index contributed by atoms with van der Waals surface area (Å²) in [6, 6.07) is 26.1. The minimum Gasteiger partial charge on any atom is -0.489 e. The highest BCUT2D eigenvalue weighted by Gasteiger charge is 2.09. The number of fused-ring (bicyclic) bond motifs is 1. The van der Waals surface area contributed by atoms with Crippen LogP contribution in [0.2, 0.25) is 0 Å². The molecule has 0 aliphatic heterocycles. The zero-order valence-electron chi connectivity index (χ0n) is 14.4. The molecule has 0 atom stereocenters. The molecule has 0 saturated carbocycles. The predicted molar refractivity (Wildman–Crippen MR) is 103 cm³/mol. The maximum atomic E-state index is 12.0. The fourth-order valence-corrected chi connectivity index (χ4v) is 2.99. The van der Waals surface area contributed by atoms with Gasteiger partial charge >= 0.3 is 5.63 Å². The smallest absolute Gasteiger partial charge is 0.336 e. The van der Waals surface area contributed by atoms with E-state index in [2.05, 4.69) is 6.07 Å². The molecule has 1 heterocycles. The Kier molecular flexibility index (Phi) is 4.42. The number of nitriles is 1. The van der Waals surface area contributed by atoms with Crippen molar-refractivity contribution >= 4 is 11.0 Å². The largest absolute Gasteiger partial charge is 0.489 e. The van der Waals surface area contributed by atoms with E-state index in [1.165, 1.54) is 6.07 Å². The Morgan fingerprint density at radius 2 is 1.78 bits per heavy atom. The van der Waals surface area contributed by atoms with Gasteiger partial charge in [-0.25, -0.2) is 4.79 Å². The van der Waals surface area contributed by atoms with Gasteiger partial charge in [-0.3, -0.25) is 0 Å². The van der Waals surface area contributed by atoms with Crippen LogP contribution in [0.4, 0.5) is 0 Å². The topological polar surface area (TPSA) is 63.2 Å². The molecule has 0 amide bonds. The molecule has 27 heavy (non-hydrogen) atoms. The van der Waals surface area contributed by atoms with E-state index in [-0.39, 0.29) is 0 Å². The summed E-state index contributed by atoms with van der Waals surface area (Å²) in [5.74, 6) is 0.596. The Morgan fingerprint density at radius 1 is 0.926 bits per heavy atom. The van der Waals surface area contributed by atoms with E-state index in [0.29, 0.717) is 23.5 Å². The van der Waals surface area contributed by atoms with E-state index in [1.54, 1.807) is 18.2 Å². The summed E-state index contributed by atoms with van der Waals surface area (Å²) in [4.78, 5) is 12.0. The summed E-state index contributed by atoms with van der Waals surface area (Å²) in [6.45, 7) is 0.323. The quantitative estimate of drug-likeness (QED) is 0.489. The summed E-state index contributed by atoms with van der Waals surface area (Å²) in [6.07, 6.45) is 0. The average molecular weight is 353 g/mol. The van der Waals surface area contributed by atoms with Gasteiger partial charge in [0.05, 0.1) is 11.6 Å². The van der Waals surface area contributed by atoms with Gasteiger partial charge in [0.1, 0.15) is 17.9 Å². The molecule has 0 aliphatic rings. The molecule has 0 saturated heterocycles. The zero-order valence-corrected chi connectivity index (χ0v) is 14.4. The Bertz CT molecular complexity index is 1200. The van der Waals surface area contributed by atoms with Crippen LogP contribution in [0, 0.1) is 11.3 Å². The Morgan fingerprint density at radius 3 is 2.59 bits per heavy atom. The molecular formula is C23H15NO3. The van der Waals surface area contributed by atoms with Crippen molar-refractivity contribution in [1.82, 2.24) is 0 Å². The van der Waals surface area contributed by atoms with Crippen LogP contribution in [-0.4, -0.2) is 0 Å². The van der Waals surface area contributed by atoms with Crippen molar-refractivity contribution in [3.8, 4) is 22.9 Å². The molecule has 130 valence electrons. The lowest BCUT2D eigenvalue weighted by Crippen LogP contribution is -1.99. The van der Waals surface area contributed by atoms with Crippen LogP contribution in [0.15, 0.2) is 88.1 Å². The third-order valence-corrected chi connectivity index (χ3v) is 4.26. The van der Waals surface area contributed by atoms with Crippen LogP contribution in [-0.2, 0) is 6.61 Å². The fourth-order valence-electron chi connectivity index (χ4n) is 2.99. The molecule has 0 spiro atoms. The first-order valence-corrected chi connectivity index (χ1v) is 8.48. The molecule has 4 nitrogen and oxygen atoms in total. The fraction of sp³-hybridized carbons (Fsp3) is 0.0435. The van der Waals surface area contributed by atoms with Crippen molar-refractivity contribution in [1.29, 1.82) is 5.26 Å². The number of rotatable bonds is 4. The van der Waals surface area contributed by atoms with E-state index in [0.717, 1.165) is 22.1 Å². The van der Waals surface area contributed by atoms with E-state index < -0.39 is 5.63 Å². The number of hydrogen-bond acceptors (Lipinski definition) is 4.